The van der Waals surface area contributed by atoms with Crippen LogP contribution in [0.4, 0.5) is 0 Å². The van der Waals surface area contributed by atoms with Gasteiger partial charge in [0.15, 0.2) is 16.2 Å². The quantitative estimate of drug-likeness (QED) is 0.117. The molecule has 0 aliphatic heterocycles. The standard InChI is InChI=1S/C35H28N2O3S3/c38-30-21-29(23-42-35-36-32(41)24-43-35)37(40-34(27-17-9-3-10-18-27)28-19-11-4-12-20-28)22-31(30)39-33(25-13-5-1-6-14-25)26-15-7-2-8-16-26/h1-22,24,33-34,41H,23H2. The number of thioether (sulfide) groups is 1. The first-order valence-electron chi connectivity index (χ1n) is 13.7. The largest absolute Gasteiger partial charge is 0.475 e. The van der Waals surface area contributed by atoms with E-state index in [0.717, 1.165) is 26.6 Å². The summed E-state index contributed by atoms with van der Waals surface area (Å²) in [5.41, 5.74) is 4.32. The Morgan fingerprint density at radius 2 is 1.23 bits per heavy atom. The maximum Gasteiger partial charge on any atom is 0.223 e. The summed E-state index contributed by atoms with van der Waals surface area (Å²) >= 11 is 7.39. The van der Waals surface area contributed by atoms with E-state index in [0.29, 0.717) is 16.5 Å². The molecule has 0 atom stereocenters. The van der Waals surface area contributed by atoms with Gasteiger partial charge in [-0.1, -0.05) is 133 Å². The second-order valence-corrected chi connectivity index (χ2v) is 12.2. The predicted octanol–water partition coefficient (Wildman–Crippen LogP) is 8.27. The number of aromatic nitrogens is 2. The van der Waals surface area contributed by atoms with Gasteiger partial charge >= 0.3 is 0 Å². The van der Waals surface area contributed by atoms with Crippen LogP contribution in [0.15, 0.2) is 153 Å². The highest BCUT2D eigenvalue weighted by Gasteiger charge is 2.22. The Balaban J connectivity index is 1.41. The molecule has 2 aromatic heterocycles. The molecule has 0 bridgehead atoms. The average molecular weight is 621 g/mol. The van der Waals surface area contributed by atoms with Crippen molar-refractivity contribution in [3.05, 3.63) is 177 Å². The lowest BCUT2D eigenvalue weighted by Crippen LogP contribution is -2.25. The van der Waals surface area contributed by atoms with E-state index < -0.39 is 12.2 Å². The molecule has 0 aliphatic rings. The first-order valence-corrected chi connectivity index (χ1v) is 16.0. The Bertz CT molecular complexity index is 1730. The van der Waals surface area contributed by atoms with Gasteiger partial charge in [-0.05, 0) is 22.3 Å². The van der Waals surface area contributed by atoms with Crippen LogP contribution in [0.25, 0.3) is 0 Å². The van der Waals surface area contributed by atoms with Crippen LogP contribution in [0, 0.1) is 0 Å². The molecule has 0 radical (unpaired) electrons. The van der Waals surface area contributed by atoms with Crippen molar-refractivity contribution in [3.8, 4) is 5.75 Å². The first-order chi connectivity index (χ1) is 21.1. The SMILES string of the molecule is O=c1cc(CSc2nc(S)cs2)n(OC(c2ccccc2)c2ccccc2)cc1OC(c1ccccc1)c1ccccc1. The van der Waals surface area contributed by atoms with Crippen molar-refractivity contribution in [3.63, 3.8) is 0 Å². The molecule has 0 amide bonds. The summed E-state index contributed by atoms with van der Waals surface area (Å²) in [5.74, 6) is 0.658. The number of thiazole rings is 1. The molecule has 6 rings (SSSR count). The molecule has 0 unspecified atom stereocenters. The van der Waals surface area contributed by atoms with E-state index in [1.165, 1.54) is 23.1 Å². The summed E-state index contributed by atoms with van der Waals surface area (Å²) in [5, 5.41) is 2.56. The Morgan fingerprint density at radius 3 is 1.70 bits per heavy atom. The van der Waals surface area contributed by atoms with Gasteiger partial charge in [-0.3, -0.25) is 4.79 Å². The Kier molecular flexibility index (Phi) is 9.28. The number of rotatable bonds is 11. The van der Waals surface area contributed by atoms with E-state index in [-0.39, 0.29) is 11.2 Å². The van der Waals surface area contributed by atoms with Gasteiger partial charge in [-0.2, -0.15) is 4.73 Å². The smallest absolute Gasteiger partial charge is 0.223 e. The number of thiol groups is 1. The summed E-state index contributed by atoms with van der Waals surface area (Å²) in [6, 6.07) is 41.5. The highest BCUT2D eigenvalue weighted by Crippen LogP contribution is 2.31. The molecular weight excluding hydrogens is 593 g/mol. The Morgan fingerprint density at radius 1 is 0.744 bits per heavy atom. The third-order valence-corrected chi connectivity index (χ3v) is 9.20. The maximum atomic E-state index is 13.6. The minimum Gasteiger partial charge on any atom is -0.475 e. The topological polar surface area (TPSA) is 53.4 Å². The maximum absolute atomic E-state index is 13.6. The fourth-order valence-electron chi connectivity index (χ4n) is 4.68. The van der Waals surface area contributed by atoms with Gasteiger partial charge in [0.05, 0.1) is 11.9 Å². The van der Waals surface area contributed by atoms with Crippen molar-refractivity contribution in [2.75, 3.05) is 0 Å². The van der Waals surface area contributed by atoms with E-state index in [1.807, 2.05) is 127 Å². The van der Waals surface area contributed by atoms with Crippen LogP contribution in [-0.2, 0) is 5.75 Å². The molecule has 43 heavy (non-hydrogen) atoms. The monoisotopic (exact) mass is 620 g/mol. The van der Waals surface area contributed by atoms with Crippen molar-refractivity contribution >= 4 is 35.7 Å². The molecule has 4 aromatic carbocycles. The molecule has 0 saturated carbocycles. The van der Waals surface area contributed by atoms with Crippen LogP contribution < -0.4 is 15.0 Å². The second kappa shape index (κ2) is 13.8. The summed E-state index contributed by atoms with van der Waals surface area (Å²) in [6.45, 7) is 0. The zero-order chi connectivity index (χ0) is 29.4. The molecule has 214 valence electrons. The molecule has 5 nitrogen and oxygen atoms in total. The van der Waals surface area contributed by atoms with Crippen LogP contribution in [-0.4, -0.2) is 9.71 Å². The fourth-order valence-corrected chi connectivity index (χ4v) is 6.72. The summed E-state index contributed by atoms with van der Waals surface area (Å²) < 4.78 is 9.07. The van der Waals surface area contributed by atoms with Crippen molar-refractivity contribution < 1.29 is 9.57 Å². The molecule has 2 heterocycles. The molecule has 0 spiro atoms. The van der Waals surface area contributed by atoms with E-state index in [9.17, 15) is 4.79 Å². The van der Waals surface area contributed by atoms with Gasteiger partial charge in [-0.25, -0.2) is 4.98 Å². The van der Waals surface area contributed by atoms with Gasteiger partial charge in [0.2, 0.25) is 5.43 Å². The van der Waals surface area contributed by atoms with Gasteiger partial charge in [-0.15, -0.1) is 24.0 Å². The van der Waals surface area contributed by atoms with Crippen LogP contribution >= 0.6 is 35.7 Å². The number of hydrogen-bond donors (Lipinski definition) is 1. The summed E-state index contributed by atoms with van der Waals surface area (Å²) in [7, 11) is 0. The van der Waals surface area contributed by atoms with Gasteiger partial charge in [0, 0.05) is 17.2 Å². The number of pyridine rings is 1. The normalized spacial score (nSPS) is 11.1. The summed E-state index contributed by atoms with van der Waals surface area (Å²) in [4.78, 5) is 24.8. The van der Waals surface area contributed by atoms with Crippen LogP contribution in [0.1, 0.15) is 40.2 Å². The van der Waals surface area contributed by atoms with Gasteiger partial charge in [0.1, 0.15) is 11.1 Å². The lowest BCUT2D eigenvalue weighted by Gasteiger charge is -2.25. The number of benzene rings is 4. The molecular formula is C35H28N2O3S3. The predicted molar refractivity (Wildman–Crippen MR) is 176 cm³/mol. The van der Waals surface area contributed by atoms with Crippen molar-refractivity contribution in [1.29, 1.82) is 0 Å². The minimum atomic E-state index is -0.480. The van der Waals surface area contributed by atoms with Gasteiger partial charge in [0.25, 0.3) is 0 Å². The number of hydrogen-bond acceptors (Lipinski definition) is 7. The summed E-state index contributed by atoms with van der Waals surface area (Å²) in [6.07, 6.45) is 0.762. The zero-order valence-electron chi connectivity index (χ0n) is 23.0. The van der Waals surface area contributed by atoms with Crippen LogP contribution in [0.5, 0.6) is 5.75 Å². The molecule has 0 saturated heterocycles. The Labute approximate surface area is 264 Å². The molecule has 0 aliphatic carbocycles. The molecule has 8 heteroatoms. The second-order valence-electron chi connectivity index (χ2n) is 9.71. The van der Waals surface area contributed by atoms with Crippen molar-refractivity contribution in [2.24, 2.45) is 0 Å². The Hall–Kier alpha value is -4.24. The van der Waals surface area contributed by atoms with Crippen LogP contribution in [0.2, 0.25) is 0 Å². The van der Waals surface area contributed by atoms with E-state index in [1.54, 1.807) is 17.0 Å². The van der Waals surface area contributed by atoms with E-state index >= 15 is 0 Å². The third kappa shape index (κ3) is 7.22. The zero-order valence-corrected chi connectivity index (χ0v) is 25.6. The van der Waals surface area contributed by atoms with E-state index in [4.69, 9.17) is 9.57 Å². The fraction of sp³-hybridized carbons (Fsp3) is 0.0857. The first kappa shape index (κ1) is 28.9. The van der Waals surface area contributed by atoms with Gasteiger partial charge < -0.3 is 9.57 Å². The third-order valence-electron chi connectivity index (χ3n) is 6.75. The number of nitrogens with zero attached hydrogens (tertiary/aromatic N) is 2. The highest BCUT2D eigenvalue weighted by molar-refractivity contribution is 8.00. The molecule has 0 fully saturated rings. The minimum absolute atomic E-state index is 0.193. The molecule has 0 N–H and O–H groups in total. The molecule has 6 aromatic rings. The average Bonchev–Trinajstić information content (AvgIpc) is 3.49. The van der Waals surface area contributed by atoms with Crippen molar-refractivity contribution in [2.45, 2.75) is 27.3 Å². The lowest BCUT2D eigenvalue weighted by atomic mass is 10.0. The van der Waals surface area contributed by atoms with Crippen molar-refractivity contribution in [1.82, 2.24) is 9.71 Å². The van der Waals surface area contributed by atoms with E-state index in [2.05, 4.69) is 17.6 Å². The highest BCUT2D eigenvalue weighted by atomic mass is 32.2. The van der Waals surface area contributed by atoms with Crippen LogP contribution in [0.3, 0.4) is 0 Å². The lowest BCUT2D eigenvalue weighted by molar-refractivity contribution is 0.0528. The number of ether oxygens (including phenoxy) is 1.